The first-order valence-corrected chi connectivity index (χ1v) is 23.3. The van der Waals surface area contributed by atoms with Gasteiger partial charge in [-0.1, -0.05) is 35.3 Å². The van der Waals surface area contributed by atoms with Crippen LogP contribution in [0.25, 0.3) is 9.69 Å². The fraction of sp³-hybridized carbons (Fsp3) is 0.320. The van der Waals surface area contributed by atoms with E-state index in [1.54, 1.807) is 117 Å². The fourth-order valence-electron chi connectivity index (χ4n) is 7.56. The summed E-state index contributed by atoms with van der Waals surface area (Å²) in [6.07, 6.45) is -0.882. The largest absolute Gasteiger partial charge is 0.481 e. The maximum Gasteiger partial charge on any atom is 0.310 e. The van der Waals surface area contributed by atoms with Gasteiger partial charge in [-0.05, 0) is 149 Å². The molecule has 0 saturated carbocycles. The second-order valence-corrected chi connectivity index (χ2v) is 18.5. The number of thiocarbonyl (C=S) groups is 2. The summed E-state index contributed by atoms with van der Waals surface area (Å²) in [5, 5.41) is 18.6. The SMILES string of the molecule is [C-]#[N+]c1ccc(N2C(=O)C(C)(C)N(c3ccc(Cl)c(CC(=O)OCCO)c3)C2=S)cc1C.[C-]#[N+]c1ccc(N2C(=O)C(C)(C)N(c3ccc(Cl)c(CC(=O)OCCOC(=O)CCC(=O)O)c3)C2=S)cc1C. The molecule has 0 bridgehead atoms. The van der Waals surface area contributed by atoms with E-state index in [4.69, 9.17) is 85.2 Å². The first-order valence-electron chi connectivity index (χ1n) is 21.7. The van der Waals surface area contributed by atoms with Crippen LogP contribution in [0.3, 0.4) is 0 Å². The van der Waals surface area contributed by atoms with E-state index >= 15 is 0 Å². The summed E-state index contributed by atoms with van der Waals surface area (Å²) in [5.41, 5.74) is 3.68. The number of esters is 3. The van der Waals surface area contributed by atoms with Gasteiger partial charge in [-0.25, -0.2) is 9.69 Å². The average Bonchev–Trinajstić information content (AvgIpc) is 3.61. The number of aliphatic hydroxyl groups is 1. The lowest BCUT2D eigenvalue weighted by molar-refractivity contribution is -0.153. The van der Waals surface area contributed by atoms with Crippen LogP contribution < -0.4 is 19.6 Å². The number of carbonyl (C=O) groups is 6. The van der Waals surface area contributed by atoms with Crippen LogP contribution in [-0.2, 0) is 55.8 Å². The lowest BCUT2D eigenvalue weighted by Gasteiger charge is -2.30. The summed E-state index contributed by atoms with van der Waals surface area (Å²) in [5.74, 6) is -3.42. The van der Waals surface area contributed by atoms with Crippen molar-refractivity contribution < 1.29 is 53.2 Å². The maximum atomic E-state index is 13.5. The van der Waals surface area contributed by atoms with Gasteiger partial charge in [0.15, 0.2) is 21.6 Å². The summed E-state index contributed by atoms with van der Waals surface area (Å²) in [6.45, 7) is 24.3. The number of hydrogen-bond acceptors (Lipinski definition) is 12. The Morgan fingerprint density at radius 2 is 0.986 bits per heavy atom. The third-order valence-corrected chi connectivity index (χ3v) is 12.7. The third-order valence-electron chi connectivity index (χ3n) is 11.2. The second-order valence-electron chi connectivity index (χ2n) is 17.0. The van der Waals surface area contributed by atoms with Gasteiger partial charge in [-0.15, -0.1) is 0 Å². The third kappa shape index (κ3) is 12.5. The van der Waals surface area contributed by atoms with E-state index in [9.17, 15) is 28.8 Å². The average molecular weight is 1040 g/mol. The number of carboxylic acids is 1. The molecule has 21 heteroatoms. The van der Waals surface area contributed by atoms with E-state index in [-0.39, 0.29) is 74.2 Å². The molecule has 4 aromatic rings. The number of aliphatic carboxylic acids is 1. The highest BCUT2D eigenvalue weighted by Gasteiger charge is 2.51. The highest BCUT2D eigenvalue weighted by Crippen LogP contribution is 2.40. The number of nitrogens with zero attached hydrogens (tertiary/aromatic N) is 6. The number of anilines is 4. The van der Waals surface area contributed by atoms with E-state index in [1.165, 1.54) is 9.80 Å². The maximum absolute atomic E-state index is 13.5. The monoisotopic (exact) mass is 1040 g/mol. The van der Waals surface area contributed by atoms with Crippen molar-refractivity contribution in [2.45, 2.75) is 78.3 Å². The van der Waals surface area contributed by atoms with Crippen LogP contribution in [0, 0.1) is 27.0 Å². The molecule has 4 aromatic carbocycles. The summed E-state index contributed by atoms with van der Waals surface area (Å²) in [6, 6.07) is 20.3. The van der Waals surface area contributed by atoms with Gasteiger partial charge in [0.05, 0.1) is 45.4 Å². The first-order chi connectivity index (χ1) is 33.5. The van der Waals surface area contributed by atoms with Gasteiger partial charge >= 0.3 is 23.9 Å². The summed E-state index contributed by atoms with van der Waals surface area (Å²) in [4.78, 5) is 86.4. The molecule has 6 rings (SSSR count). The van der Waals surface area contributed by atoms with Crippen LogP contribution in [0.5, 0.6) is 0 Å². The molecule has 2 N–H and O–H groups in total. The van der Waals surface area contributed by atoms with Gasteiger partial charge in [0.1, 0.15) is 30.9 Å². The number of aryl methyl sites for hydroxylation is 2. The molecule has 71 heavy (non-hydrogen) atoms. The van der Waals surface area contributed by atoms with Crippen LogP contribution in [-0.4, -0.2) is 93.6 Å². The number of amides is 2. The van der Waals surface area contributed by atoms with E-state index in [0.717, 1.165) is 11.1 Å². The lowest BCUT2D eigenvalue weighted by Crippen LogP contribution is -2.44. The normalized spacial score (nSPS) is 14.6. The molecule has 0 aliphatic carbocycles. The number of benzene rings is 4. The van der Waals surface area contributed by atoms with Crippen LogP contribution >= 0.6 is 47.6 Å². The molecule has 2 saturated heterocycles. The first kappa shape index (κ1) is 54.9. The topological polar surface area (TPSA) is 192 Å². The van der Waals surface area contributed by atoms with Crippen molar-refractivity contribution in [2.24, 2.45) is 0 Å². The zero-order valence-corrected chi connectivity index (χ0v) is 42.6. The summed E-state index contributed by atoms with van der Waals surface area (Å²) in [7, 11) is 0. The minimum atomic E-state index is -1.11. The van der Waals surface area contributed by atoms with Crippen LogP contribution in [0.15, 0.2) is 72.8 Å². The Bertz CT molecular complexity index is 2920. The molecule has 0 unspecified atom stereocenters. The van der Waals surface area contributed by atoms with Gasteiger partial charge in [0.25, 0.3) is 11.8 Å². The van der Waals surface area contributed by atoms with Gasteiger partial charge in [-0.2, -0.15) is 0 Å². The van der Waals surface area contributed by atoms with Crippen molar-refractivity contribution in [1.29, 1.82) is 0 Å². The van der Waals surface area contributed by atoms with E-state index < -0.39 is 35.0 Å². The predicted octanol–water partition coefficient (Wildman–Crippen LogP) is 8.80. The Kier molecular flexibility index (Phi) is 18.0. The fourth-order valence-corrected chi connectivity index (χ4v) is 8.97. The Balaban J connectivity index is 0.000000269. The van der Waals surface area contributed by atoms with Gasteiger partial charge in [0, 0.05) is 32.8 Å². The molecule has 370 valence electrons. The molecule has 17 nitrogen and oxygen atoms in total. The zero-order chi connectivity index (χ0) is 52.5. The molecule has 2 heterocycles. The Hall–Kier alpha value is -7.00. The van der Waals surface area contributed by atoms with E-state index in [0.29, 0.717) is 55.3 Å². The van der Waals surface area contributed by atoms with Crippen LogP contribution in [0.2, 0.25) is 10.0 Å². The number of hydrogen-bond donors (Lipinski definition) is 2. The van der Waals surface area contributed by atoms with E-state index in [2.05, 4.69) is 9.69 Å². The number of halogens is 2. The van der Waals surface area contributed by atoms with Crippen molar-refractivity contribution in [3.63, 3.8) is 0 Å². The van der Waals surface area contributed by atoms with Crippen molar-refractivity contribution in [3.8, 4) is 0 Å². The van der Waals surface area contributed by atoms with Crippen LogP contribution in [0.1, 0.15) is 62.8 Å². The molecule has 2 amide bonds. The molecular formula is C50H48Cl2N6O11S2. The number of carbonyl (C=O) groups excluding carboxylic acids is 5. The molecular weight excluding hydrogens is 996 g/mol. The molecule has 0 atom stereocenters. The standard InChI is InChI=1S/C27H26ClN3O7S.C23H22ClN3O4S/c1-16-13-18(6-8-21(16)29-4)30-25(36)27(2,3)31(26(30)39)19-5-7-20(28)17(14-19)15-24(35)38-12-11-37-23(34)10-9-22(32)33;1-14-11-16(6-8-19(14)25-4)26-21(30)23(2,3)27(22(26)32)17-5-7-18(24)15(12-17)13-20(29)31-10-9-28/h5-8,13-14H,9-12,15H2,1-3H3,(H,32,33);5-8,11-12,28H,9-10,13H2,1-3H3. The van der Waals surface area contributed by atoms with Gasteiger partial charge in [0.2, 0.25) is 0 Å². The van der Waals surface area contributed by atoms with Gasteiger partial charge in [-0.3, -0.25) is 38.6 Å². The summed E-state index contributed by atoms with van der Waals surface area (Å²) >= 11 is 24.0. The number of ether oxygens (including phenoxy) is 3. The second kappa shape index (κ2) is 23.3. The number of rotatable bonds is 16. The predicted molar refractivity (Wildman–Crippen MR) is 275 cm³/mol. The van der Waals surface area contributed by atoms with Crippen LogP contribution in [0.4, 0.5) is 34.1 Å². The molecule has 0 aromatic heterocycles. The van der Waals surface area contributed by atoms with Crippen molar-refractivity contribution in [3.05, 3.63) is 128 Å². The summed E-state index contributed by atoms with van der Waals surface area (Å²) < 4.78 is 14.9. The molecule has 2 fully saturated rings. The Labute approximate surface area is 431 Å². The van der Waals surface area contributed by atoms with E-state index in [1.807, 2.05) is 6.92 Å². The minimum Gasteiger partial charge on any atom is -0.481 e. The number of carboxylic acid groups (broad SMARTS) is 1. The Morgan fingerprint density at radius 3 is 1.35 bits per heavy atom. The Morgan fingerprint density at radius 1 is 0.606 bits per heavy atom. The quantitative estimate of drug-likeness (QED) is 0.0355. The van der Waals surface area contributed by atoms with Crippen molar-refractivity contribution in [2.75, 3.05) is 46.0 Å². The van der Waals surface area contributed by atoms with Crippen molar-refractivity contribution >= 4 is 128 Å². The molecule has 0 spiro atoms. The smallest absolute Gasteiger partial charge is 0.310 e. The molecule has 0 radical (unpaired) electrons. The molecule has 2 aliphatic heterocycles. The number of aliphatic hydroxyl groups excluding tert-OH is 1. The minimum absolute atomic E-state index is 0.0807. The highest BCUT2D eigenvalue weighted by molar-refractivity contribution is 7.81. The highest BCUT2D eigenvalue weighted by atomic mass is 35.5. The lowest BCUT2D eigenvalue weighted by atomic mass is 10.0. The zero-order valence-electron chi connectivity index (χ0n) is 39.4. The van der Waals surface area contributed by atoms with Gasteiger partial charge < -0.3 is 34.2 Å². The van der Waals surface area contributed by atoms with Crippen molar-refractivity contribution in [1.82, 2.24) is 0 Å². The molecule has 2 aliphatic rings.